The highest BCUT2D eigenvalue weighted by molar-refractivity contribution is 5.90. The van der Waals surface area contributed by atoms with E-state index in [1.807, 2.05) is 0 Å². The molecule has 0 bridgehead atoms. The lowest BCUT2D eigenvalue weighted by atomic mass is 9.90. The van der Waals surface area contributed by atoms with Crippen LogP contribution >= 0.6 is 0 Å². The van der Waals surface area contributed by atoms with Gasteiger partial charge in [-0.1, -0.05) is 6.07 Å². The maximum atomic E-state index is 14.0. The molecule has 2 atom stereocenters. The highest BCUT2D eigenvalue weighted by Crippen LogP contribution is 2.45. The SMILES string of the molecule is O=C1C(Oc2cncc3nnc(-c4ccc(OC(F)F)cc4)n23)C(c2ccc(F)c(F)c2)N1C1CC1. The van der Waals surface area contributed by atoms with Gasteiger partial charge >= 0.3 is 6.61 Å². The summed E-state index contributed by atoms with van der Waals surface area (Å²) in [5.41, 5.74) is 1.27. The van der Waals surface area contributed by atoms with Gasteiger partial charge in [0, 0.05) is 11.6 Å². The minimum atomic E-state index is -2.95. The monoisotopic (exact) mass is 499 g/mol. The molecule has 1 aliphatic carbocycles. The van der Waals surface area contributed by atoms with Crippen molar-refractivity contribution in [1.82, 2.24) is 24.5 Å². The van der Waals surface area contributed by atoms with Gasteiger partial charge in [0.2, 0.25) is 12.0 Å². The number of β-lactam (4-membered cyclic amide) rings is 1. The molecule has 8 nitrogen and oxygen atoms in total. The number of halogens is 4. The van der Waals surface area contributed by atoms with Crippen LogP contribution in [0.15, 0.2) is 54.9 Å². The minimum Gasteiger partial charge on any atom is -0.461 e. The molecule has 6 rings (SSSR count). The van der Waals surface area contributed by atoms with E-state index in [1.54, 1.807) is 4.90 Å². The van der Waals surface area contributed by atoms with Crippen molar-refractivity contribution in [1.29, 1.82) is 0 Å². The highest BCUT2D eigenvalue weighted by Gasteiger charge is 2.55. The number of carbonyl (C=O) groups excluding carboxylic acids is 1. The number of hydrogen-bond donors (Lipinski definition) is 0. The normalized spacial score (nSPS) is 19.6. The number of alkyl halides is 2. The van der Waals surface area contributed by atoms with Crippen LogP contribution in [0.3, 0.4) is 0 Å². The summed E-state index contributed by atoms with van der Waals surface area (Å²) in [6.07, 6.45) is 3.50. The third-order valence-corrected chi connectivity index (χ3v) is 6.18. The number of benzene rings is 2. The van der Waals surface area contributed by atoms with Gasteiger partial charge in [-0.15, -0.1) is 10.2 Å². The Labute approximate surface area is 201 Å². The van der Waals surface area contributed by atoms with Gasteiger partial charge in [-0.3, -0.25) is 9.78 Å². The maximum Gasteiger partial charge on any atom is 0.387 e. The van der Waals surface area contributed by atoms with Crippen LogP contribution < -0.4 is 9.47 Å². The first-order valence-corrected chi connectivity index (χ1v) is 11.1. The van der Waals surface area contributed by atoms with Gasteiger partial charge in [0.15, 0.2) is 23.1 Å². The van der Waals surface area contributed by atoms with Crippen LogP contribution in [-0.2, 0) is 4.79 Å². The molecule has 1 amide bonds. The molecule has 2 aromatic carbocycles. The standard InChI is InChI=1S/C24H17F4N5O3/c25-16-8-3-13(9-17(16)26)20-21(23(34)32(20)14-4-5-14)36-19-11-29-10-18-30-31-22(33(18)19)12-1-6-15(7-2-12)35-24(27)28/h1-3,6-11,14,20-21,24H,4-5H2. The Morgan fingerprint density at radius 2 is 1.75 bits per heavy atom. The molecular formula is C24H17F4N5O3. The second-order valence-electron chi connectivity index (χ2n) is 8.50. The van der Waals surface area contributed by atoms with Gasteiger partial charge in [0.25, 0.3) is 5.91 Å². The second-order valence-corrected chi connectivity index (χ2v) is 8.50. The average Bonchev–Trinajstić information content (AvgIpc) is 3.59. The van der Waals surface area contributed by atoms with E-state index >= 15 is 0 Å². The van der Waals surface area contributed by atoms with Gasteiger partial charge in [-0.25, -0.2) is 13.2 Å². The molecule has 36 heavy (non-hydrogen) atoms. The third-order valence-electron chi connectivity index (χ3n) is 6.18. The summed E-state index contributed by atoms with van der Waals surface area (Å²) < 4.78 is 64.5. The molecule has 0 N–H and O–H groups in total. The fraction of sp³-hybridized carbons (Fsp3) is 0.250. The van der Waals surface area contributed by atoms with E-state index in [2.05, 4.69) is 19.9 Å². The molecule has 184 valence electrons. The molecule has 2 aromatic heterocycles. The fourth-order valence-corrected chi connectivity index (χ4v) is 4.40. The smallest absolute Gasteiger partial charge is 0.387 e. The van der Waals surface area contributed by atoms with E-state index in [9.17, 15) is 22.4 Å². The number of hydrogen-bond acceptors (Lipinski definition) is 6. The molecule has 4 aromatic rings. The van der Waals surface area contributed by atoms with E-state index < -0.39 is 30.4 Å². The molecule has 2 fully saturated rings. The van der Waals surface area contributed by atoms with Gasteiger partial charge < -0.3 is 14.4 Å². The van der Waals surface area contributed by atoms with E-state index in [0.717, 1.165) is 25.0 Å². The predicted octanol–water partition coefficient (Wildman–Crippen LogP) is 4.16. The van der Waals surface area contributed by atoms with Crippen molar-refractivity contribution in [2.75, 3.05) is 0 Å². The fourth-order valence-electron chi connectivity index (χ4n) is 4.40. The Bertz CT molecular complexity index is 1460. The Kier molecular flexibility index (Phi) is 5.23. The average molecular weight is 499 g/mol. The highest BCUT2D eigenvalue weighted by atomic mass is 19.3. The van der Waals surface area contributed by atoms with Gasteiger partial charge in [0.05, 0.1) is 12.4 Å². The van der Waals surface area contributed by atoms with Gasteiger partial charge in [0.1, 0.15) is 11.8 Å². The molecule has 1 aliphatic heterocycles. The summed E-state index contributed by atoms with van der Waals surface area (Å²) in [5, 5.41) is 8.24. The lowest BCUT2D eigenvalue weighted by Gasteiger charge is -2.47. The zero-order chi connectivity index (χ0) is 25.0. The van der Waals surface area contributed by atoms with Crippen molar-refractivity contribution in [2.45, 2.75) is 37.6 Å². The summed E-state index contributed by atoms with van der Waals surface area (Å²) >= 11 is 0. The van der Waals surface area contributed by atoms with E-state index in [1.165, 1.54) is 47.1 Å². The van der Waals surface area contributed by atoms with Crippen molar-refractivity contribution in [3.05, 3.63) is 72.1 Å². The van der Waals surface area contributed by atoms with Crippen LogP contribution in [0.1, 0.15) is 24.4 Å². The van der Waals surface area contributed by atoms with E-state index in [0.29, 0.717) is 22.6 Å². The van der Waals surface area contributed by atoms with Crippen LogP contribution in [0, 0.1) is 11.6 Å². The van der Waals surface area contributed by atoms with Crippen LogP contribution in [0.5, 0.6) is 11.6 Å². The molecular weight excluding hydrogens is 482 g/mol. The Morgan fingerprint density at radius 1 is 0.972 bits per heavy atom. The lowest BCUT2D eigenvalue weighted by molar-refractivity contribution is -0.165. The number of likely N-dealkylation sites (tertiary alicyclic amines) is 1. The number of nitrogens with zero attached hydrogens (tertiary/aromatic N) is 5. The van der Waals surface area contributed by atoms with Crippen LogP contribution in [0.25, 0.3) is 17.0 Å². The molecule has 2 aliphatic rings. The maximum absolute atomic E-state index is 14.0. The van der Waals surface area contributed by atoms with Crippen LogP contribution in [0.4, 0.5) is 17.6 Å². The zero-order valence-electron chi connectivity index (χ0n) is 18.4. The zero-order valence-corrected chi connectivity index (χ0v) is 18.4. The van der Waals surface area contributed by atoms with Gasteiger partial charge in [-0.05, 0) is 54.8 Å². The number of amides is 1. The molecule has 3 heterocycles. The van der Waals surface area contributed by atoms with Gasteiger partial charge in [-0.2, -0.15) is 8.78 Å². The first kappa shape index (κ1) is 22.3. The van der Waals surface area contributed by atoms with Crippen LogP contribution in [0.2, 0.25) is 0 Å². The molecule has 1 saturated carbocycles. The Balaban J connectivity index is 1.35. The number of carbonyl (C=O) groups is 1. The number of rotatable bonds is 7. The van der Waals surface area contributed by atoms with Crippen molar-refractivity contribution < 1.29 is 31.8 Å². The van der Waals surface area contributed by atoms with E-state index in [-0.39, 0.29) is 23.6 Å². The predicted molar refractivity (Wildman–Crippen MR) is 116 cm³/mol. The van der Waals surface area contributed by atoms with E-state index in [4.69, 9.17) is 4.74 Å². The summed E-state index contributed by atoms with van der Waals surface area (Å²) in [5.74, 6) is -1.80. The molecule has 2 unspecified atom stereocenters. The molecule has 12 heteroatoms. The van der Waals surface area contributed by atoms with Crippen LogP contribution in [-0.4, -0.2) is 49.1 Å². The number of ether oxygens (including phenoxy) is 2. The largest absolute Gasteiger partial charge is 0.461 e. The Morgan fingerprint density at radius 3 is 2.44 bits per heavy atom. The number of aromatic nitrogens is 4. The minimum absolute atomic E-state index is 0.0182. The summed E-state index contributed by atoms with van der Waals surface area (Å²) in [6.45, 7) is -2.95. The van der Waals surface area contributed by atoms with Crippen molar-refractivity contribution in [2.24, 2.45) is 0 Å². The summed E-state index contributed by atoms with van der Waals surface area (Å²) in [7, 11) is 0. The summed E-state index contributed by atoms with van der Waals surface area (Å²) in [6, 6.07) is 8.76. The topological polar surface area (TPSA) is 81.8 Å². The Hall–Kier alpha value is -4.22. The van der Waals surface area contributed by atoms with Crippen molar-refractivity contribution >= 4 is 11.6 Å². The van der Waals surface area contributed by atoms with Crippen molar-refractivity contribution in [3.8, 4) is 23.0 Å². The molecule has 0 spiro atoms. The quantitative estimate of drug-likeness (QED) is 0.281. The summed E-state index contributed by atoms with van der Waals surface area (Å²) in [4.78, 5) is 18.8. The third kappa shape index (κ3) is 3.78. The second kappa shape index (κ2) is 8.47. The lowest BCUT2D eigenvalue weighted by Crippen LogP contribution is -2.62. The first-order chi connectivity index (χ1) is 17.4. The first-order valence-electron chi connectivity index (χ1n) is 11.1. The number of fused-ring (bicyclic) bond motifs is 1. The molecule has 0 radical (unpaired) electrons. The molecule has 1 saturated heterocycles. The van der Waals surface area contributed by atoms with Crippen molar-refractivity contribution in [3.63, 3.8) is 0 Å².